The number of ether oxygens (including phenoxy) is 1. The van der Waals surface area contributed by atoms with Crippen LogP contribution in [0.15, 0.2) is 0 Å². The SMILES string of the molecule is O=C(O)C1CCC(OCCO)CC1. The molecule has 2 N–H and O–H groups in total. The third-order valence-corrected chi connectivity index (χ3v) is 2.47. The Labute approximate surface area is 77.5 Å². The Morgan fingerprint density at radius 2 is 1.92 bits per heavy atom. The van der Waals surface area contributed by atoms with Crippen molar-refractivity contribution >= 4 is 5.97 Å². The highest BCUT2D eigenvalue weighted by atomic mass is 16.5. The van der Waals surface area contributed by atoms with Crippen LogP contribution in [0.5, 0.6) is 0 Å². The van der Waals surface area contributed by atoms with E-state index in [9.17, 15) is 4.79 Å². The van der Waals surface area contributed by atoms with Crippen LogP contribution in [0.4, 0.5) is 0 Å². The lowest BCUT2D eigenvalue weighted by Crippen LogP contribution is -2.26. The summed E-state index contributed by atoms with van der Waals surface area (Å²) >= 11 is 0. The van der Waals surface area contributed by atoms with Crippen LogP contribution in [0.25, 0.3) is 0 Å². The van der Waals surface area contributed by atoms with Crippen LogP contribution in [0, 0.1) is 5.92 Å². The molecule has 4 heteroatoms. The molecular weight excluding hydrogens is 172 g/mol. The highest BCUT2D eigenvalue weighted by molar-refractivity contribution is 5.69. The van der Waals surface area contributed by atoms with E-state index >= 15 is 0 Å². The monoisotopic (exact) mass is 188 g/mol. The first kappa shape index (κ1) is 10.5. The second-order valence-electron chi connectivity index (χ2n) is 3.41. The molecule has 0 radical (unpaired) electrons. The Morgan fingerprint density at radius 1 is 1.31 bits per heavy atom. The van der Waals surface area contributed by atoms with E-state index in [1.807, 2.05) is 0 Å². The lowest BCUT2D eigenvalue weighted by Gasteiger charge is -2.25. The first-order chi connectivity index (χ1) is 6.24. The second-order valence-corrected chi connectivity index (χ2v) is 3.41. The van der Waals surface area contributed by atoms with Gasteiger partial charge in [-0.15, -0.1) is 0 Å². The summed E-state index contributed by atoms with van der Waals surface area (Å²) in [7, 11) is 0. The molecule has 0 unspecified atom stereocenters. The van der Waals surface area contributed by atoms with E-state index in [1.54, 1.807) is 0 Å². The maximum absolute atomic E-state index is 10.6. The minimum atomic E-state index is -0.694. The Kier molecular flexibility index (Phi) is 4.18. The molecule has 0 spiro atoms. The maximum atomic E-state index is 10.6. The average Bonchev–Trinajstić information content (AvgIpc) is 2.15. The van der Waals surface area contributed by atoms with Crippen molar-refractivity contribution < 1.29 is 19.7 Å². The minimum absolute atomic E-state index is 0.0405. The molecule has 1 aliphatic carbocycles. The van der Waals surface area contributed by atoms with Gasteiger partial charge in [0, 0.05) is 0 Å². The van der Waals surface area contributed by atoms with Gasteiger partial charge in [0.15, 0.2) is 0 Å². The van der Waals surface area contributed by atoms with Gasteiger partial charge in [0.05, 0.1) is 25.2 Å². The predicted molar refractivity (Wildman–Crippen MR) is 46.4 cm³/mol. The first-order valence-electron chi connectivity index (χ1n) is 4.69. The number of carbonyl (C=O) groups is 1. The van der Waals surface area contributed by atoms with E-state index in [-0.39, 0.29) is 18.6 Å². The molecule has 1 fully saturated rings. The number of hydrogen-bond acceptors (Lipinski definition) is 3. The highest BCUT2D eigenvalue weighted by Gasteiger charge is 2.25. The Balaban J connectivity index is 2.18. The lowest BCUT2D eigenvalue weighted by molar-refractivity contribution is -0.143. The van der Waals surface area contributed by atoms with Crippen LogP contribution >= 0.6 is 0 Å². The van der Waals surface area contributed by atoms with Gasteiger partial charge in [-0.05, 0) is 25.7 Å². The Morgan fingerprint density at radius 3 is 2.38 bits per heavy atom. The maximum Gasteiger partial charge on any atom is 0.306 e. The fraction of sp³-hybridized carbons (Fsp3) is 0.889. The van der Waals surface area contributed by atoms with Gasteiger partial charge in [-0.25, -0.2) is 0 Å². The first-order valence-corrected chi connectivity index (χ1v) is 4.69. The zero-order chi connectivity index (χ0) is 9.68. The fourth-order valence-electron chi connectivity index (χ4n) is 1.70. The minimum Gasteiger partial charge on any atom is -0.481 e. The van der Waals surface area contributed by atoms with E-state index in [4.69, 9.17) is 14.9 Å². The van der Waals surface area contributed by atoms with Crippen molar-refractivity contribution in [2.75, 3.05) is 13.2 Å². The number of aliphatic hydroxyl groups is 1. The number of hydrogen-bond donors (Lipinski definition) is 2. The second kappa shape index (κ2) is 5.19. The third kappa shape index (κ3) is 3.32. The predicted octanol–water partition coefficient (Wildman–Crippen LogP) is 0.639. The molecule has 0 amide bonds. The molecule has 0 aliphatic heterocycles. The molecule has 1 aliphatic rings. The molecule has 0 aromatic heterocycles. The topological polar surface area (TPSA) is 66.8 Å². The summed E-state index contributed by atoms with van der Waals surface area (Å²) in [4.78, 5) is 10.6. The van der Waals surface area contributed by atoms with Gasteiger partial charge in [-0.1, -0.05) is 0 Å². The molecule has 0 atom stereocenters. The molecule has 0 bridgehead atoms. The van der Waals surface area contributed by atoms with Gasteiger partial charge < -0.3 is 14.9 Å². The molecule has 4 nitrogen and oxygen atoms in total. The van der Waals surface area contributed by atoms with Crippen LogP contribution in [0.1, 0.15) is 25.7 Å². The van der Waals surface area contributed by atoms with Crippen LogP contribution in [0.3, 0.4) is 0 Å². The van der Waals surface area contributed by atoms with E-state index in [0.29, 0.717) is 19.4 Å². The van der Waals surface area contributed by atoms with Crippen LogP contribution < -0.4 is 0 Å². The van der Waals surface area contributed by atoms with E-state index in [2.05, 4.69) is 0 Å². The molecule has 1 saturated carbocycles. The van der Waals surface area contributed by atoms with Crippen molar-refractivity contribution in [3.05, 3.63) is 0 Å². The van der Waals surface area contributed by atoms with Gasteiger partial charge in [-0.2, -0.15) is 0 Å². The number of aliphatic hydroxyl groups excluding tert-OH is 1. The molecule has 76 valence electrons. The number of rotatable bonds is 4. The standard InChI is InChI=1S/C9H16O4/c10-5-6-13-8-3-1-7(2-4-8)9(11)12/h7-8,10H,1-6H2,(H,11,12). The van der Waals surface area contributed by atoms with Gasteiger partial charge in [0.2, 0.25) is 0 Å². The van der Waals surface area contributed by atoms with Crippen LogP contribution in [-0.4, -0.2) is 35.5 Å². The lowest BCUT2D eigenvalue weighted by atomic mass is 9.87. The zero-order valence-corrected chi connectivity index (χ0v) is 7.61. The van der Waals surface area contributed by atoms with Gasteiger partial charge in [0.1, 0.15) is 0 Å². The van der Waals surface area contributed by atoms with Crippen molar-refractivity contribution in [3.63, 3.8) is 0 Å². The number of carboxylic acid groups (broad SMARTS) is 1. The number of carboxylic acids is 1. The van der Waals surface area contributed by atoms with Crippen molar-refractivity contribution in [1.29, 1.82) is 0 Å². The summed E-state index contributed by atoms with van der Waals surface area (Å²) < 4.78 is 5.32. The molecule has 0 heterocycles. The Hall–Kier alpha value is -0.610. The summed E-state index contributed by atoms with van der Waals surface area (Å²) in [5.74, 6) is -0.880. The highest BCUT2D eigenvalue weighted by Crippen LogP contribution is 2.26. The third-order valence-electron chi connectivity index (χ3n) is 2.47. The van der Waals surface area contributed by atoms with E-state index in [0.717, 1.165) is 12.8 Å². The van der Waals surface area contributed by atoms with Crippen molar-refractivity contribution in [3.8, 4) is 0 Å². The molecular formula is C9H16O4. The van der Waals surface area contributed by atoms with Crippen LogP contribution in [0.2, 0.25) is 0 Å². The summed E-state index contributed by atoms with van der Waals surface area (Å²) in [5.41, 5.74) is 0. The van der Waals surface area contributed by atoms with Crippen LogP contribution in [-0.2, 0) is 9.53 Å². The summed E-state index contributed by atoms with van der Waals surface area (Å²) in [6.07, 6.45) is 3.16. The average molecular weight is 188 g/mol. The molecule has 13 heavy (non-hydrogen) atoms. The smallest absolute Gasteiger partial charge is 0.306 e. The van der Waals surface area contributed by atoms with Crippen molar-refractivity contribution in [2.24, 2.45) is 5.92 Å². The quantitative estimate of drug-likeness (QED) is 0.679. The summed E-state index contributed by atoms with van der Waals surface area (Å²) in [6.45, 7) is 0.404. The number of aliphatic carboxylic acids is 1. The van der Waals surface area contributed by atoms with E-state index < -0.39 is 5.97 Å². The molecule has 0 aromatic rings. The normalized spacial score (nSPS) is 28.7. The summed E-state index contributed by atoms with van der Waals surface area (Å²) in [5, 5.41) is 17.2. The summed E-state index contributed by atoms with van der Waals surface area (Å²) in [6, 6.07) is 0. The molecule has 1 rings (SSSR count). The van der Waals surface area contributed by atoms with Crippen molar-refractivity contribution in [1.82, 2.24) is 0 Å². The fourth-order valence-corrected chi connectivity index (χ4v) is 1.70. The van der Waals surface area contributed by atoms with Gasteiger partial charge in [0.25, 0.3) is 0 Å². The van der Waals surface area contributed by atoms with Gasteiger partial charge in [-0.3, -0.25) is 4.79 Å². The van der Waals surface area contributed by atoms with Gasteiger partial charge >= 0.3 is 5.97 Å². The largest absolute Gasteiger partial charge is 0.481 e. The molecule has 0 saturated heterocycles. The van der Waals surface area contributed by atoms with Crippen molar-refractivity contribution in [2.45, 2.75) is 31.8 Å². The molecule has 0 aromatic carbocycles. The van der Waals surface area contributed by atoms with E-state index in [1.165, 1.54) is 0 Å². The zero-order valence-electron chi connectivity index (χ0n) is 7.61. The Bertz CT molecular complexity index is 161.